The summed E-state index contributed by atoms with van der Waals surface area (Å²) < 4.78 is 11.1. The number of nitrogens with zero attached hydrogens (tertiary/aromatic N) is 5. The number of hydrogen-bond donors (Lipinski definition) is 0. The van der Waals surface area contributed by atoms with Gasteiger partial charge >= 0.3 is 21.1 Å². The maximum absolute atomic E-state index is 6.57. The van der Waals surface area contributed by atoms with Crippen LogP contribution in [-0.4, -0.2) is 14.1 Å². The smallest absolute Gasteiger partial charge is 0.500 e. The van der Waals surface area contributed by atoms with Crippen molar-refractivity contribution in [2.24, 2.45) is 0 Å². The molecule has 0 aliphatic carbocycles. The maximum atomic E-state index is 6.57. The molecule has 55 heavy (non-hydrogen) atoms. The van der Waals surface area contributed by atoms with E-state index in [2.05, 4.69) is 175 Å². The first-order chi connectivity index (χ1) is 26.4. The molecule has 2 aromatic heterocycles. The molecule has 0 N–H and O–H groups in total. The van der Waals surface area contributed by atoms with Gasteiger partial charge in [0.1, 0.15) is 5.75 Å². The van der Waals surface area contributed by atoms with Gasteiger partial charge in [-0.3, -0.25) is 9.13 Å². The third-order valence-corrected chi connectivity index (χ3v) is 10.2. The molecule has 0 spiro atoms. The molecule has 0 bridgehead atoms. The third kappa shape index (κ3) is 6.76. The molecule has 7 heteroatoms. The van der Waals surface area contributed by atoms with E-state index >= 15 is 0 Å². The van der Waals surface area contributed by atoms with Crippen molar-refractivity contribution >= 4 is 33.2 Å². The van der Waals surface area contributed by atoms with Crippen LogP contribution in [0.1, 0.15) is 50.7 Å². The van der Waals surface area contributed by atoms with Crippen LogP contribution >= 0.6 is 0 Å². The van der Waals surface area contributed by atoms with Crippen molar-refractivity contribution in [1.29, 1.82) is 0 Å². The Hall–Kier alpha value is -5.84. The minimum Gasteiger partial charge on any atom is -0.500 e. The number of fused-ring (bicyclic) bond motifs is 3. The number of anilines is 2. The molecule has 0 unspecified atom stereocenters. The van der Waals surface area contributed by atoms with Gasteiger partial charge in [0.2, 0.25) is 5.95 Å². The molecular formula is C48H41N5OPt. The first kappa shape index (κ1) is 36.2. The zero-order valence-corrected chi connectivity index (χ0v) is 33.5. The fraction of sp³-hybridized carbons (Fsp3) is 0.125. The Morgan fingerprint density at radius 2 is 1.33 bits per heavy atom. The topological polar surface area (TPSA) is 38.5 Å². The number of aromatic nitrogens is 3. The van der Waals surface area contributed by atoms with E-state index in [-0.39, 0.29) is 21.1 Å². The Labute approximate surface area is 337 Å². The van der Waals surface area contributed by atoms with Crippen LogP contribution in [-0.2, 0) is 21.1 Å². The summed E-state index contributed by atoms with van der Waals surface area (Å²) in [4.78, 5) is 9.19. The fourth-order valence-electron chi connectivity index (χ4n) is 7.55. The van der Waals surface area contributed by atoms with Gasteiger partial charge in [-0.15, -0.1) is 30.6 Å². The van der Waals surface area contributed by atoms with Crippen molar-refractivity contribution in [3.8, 4) is 34.3 Å². The molecule has 0 fully saturated rings. The molecule has 0 saturated heterocycles. The molecule has 274 valence electrons. The van der Waals surface area contributed by atoms with Crippen LogP contribution in [0.5, 0.6) is 11.5 Å². The summed E-state index contributed by atoms with van der Waals surface area (Å²) in [5.74, 6) is 2.90. The Morgan fingerprint density at radius 3 is 2.13 bits per heavy atom. The Morgan fingerprint density at radius 1 is 0.636 bits per heavy atom. The zero-order chi connectivity index (χ0) is 36.8. The van der Waals surface area contributed by atoms with Crippen molar-refractivity contribution < 1.29 is 25.8 Å². The average molecular weight is 899 g/mol. The predicted molar refractivity (Wildman–Crippen MR) is 222 cm³/mol. The van der Waals surface area contributed by atoms with Crippen LogP contribution in [0.2, 0.25) is 0 Å². The van der Waals surface area contributed by atoms with Crippen molar-refractivity contribution in [3.05, 3.63) is 182 Å². The summed E-state index contributed by atoms with van der Waals surface area (Å²) in [6.07, 6.45) is 8.10. The second kappa shape index (κ2) is 15.1. The van der Waals surface area contributed by atoms with Crippen molar-refractivity contribution in [2.75, 3.05) is 9.80 Å². The first-order valence-electron chi connectivity index (χ1n) is 18.6. The number of ether oxygens (including phenoxy) is 1. The predicted octanol–water partition coefficient (Wildman–Crippen LogP) is 12.4. The Balaban J connectivity index is 0.00000427. The van der Waals surface area contributed by atoms with Crippen LogP contribution in [0, 0.1) is 12.7 Å². The van der Waals surface area contributed by atoms with Crippen molar-refractivity contribution in [3.63, 3.8) is 0 Å². The molecular weight excluding hydrogens is 858 g/mol. The molecule has 1 aliphatic rings. The molecule has 0 saturated carbocycles. The van der Waals surface area contributed by atoms with Gasteiger partial charge in [-0.2, -0.15) is 6.07 Å². The van der Waals surface area contributed by atoms with Crippen LogP contribution in [0.25, 0.3) is 44.6 Å². The van der Waals surface area contributed by atoms with Gasteiger partial charge in [-0.25, -0.2) is 4.98 Å². The minimum absolute atomic E-state index is 0. The van der Waals surface area contributed by atoms with E-state index in [1.165, 1.54) is 33.3 Å². The van der Waals surface area contributed by atoms with Gasteiger partial charge in [0.15, 0.2) is 0 Å². The molecule has 3 heterocycles. The summed E-state index contributed by atoms with van der Waals surface area (Å²) in [6.45, 7) is 11.1. The third-order valence-electron chi connectivity index (χ3n) is 10.2. The van der Waals surface area contributed by atoms with Crippen LogP contribution in [0.4, 0.5) is 11.4 Å². The van der Waals surface area contributed by atoms with E-state index in [9.17, 15) is 0 Å². The summed E-state index contributed by atoms with van der Waals surface area (Å²) >= 11 is 0. The SMILES string of the molecule is CC(C)c1cccc(C(C)C)c1-n1ccnc1-n1c2ccccc2c2ccc(Oc3[c-]c(N4C=CN(c5cccc(-c6ccccc6)c5)[CH-]4)ccc3)cc21.[Pt+2]. The monoisotopic (exact) mass is 898 g/mol. The summed E-state index contributed by atoms with van der Waals surface area (Å²) in [7, 11) is 0. The number of hydrogen-bond acceptors (Lipinski definition) is 4. The summed E-state index contributed by atoms with van der Waals surface area (Å²) in [5.41, 5.74) is 10.3. The second-order valence-electron chi connectivity index (χ2n) is 14.4. The number of imidazole rings is 1. The number of rotatable bonds is 9. The molecule has 9 rings (SSSR count). The van der Waals surface area contributed by atoms with E-state index in [4.69, 9.17) is 9.72 Å². The Kier molecular flexibility index (Phi) is 9.94. The Bertz CT molecular complexity index is 2630. The minimum atomic E-state index is 0. The van der Waals surface area contributed by atoms with Gasteiger partial charge in [0, 0.05) is 40.7 Å². The van der Waals surface area contributed by atoms with Gasteiger partial charge in [0.25, 0.3) is 0 Å². The maximum Gasteiger partial charge on any atom is 2.00 e. The molecule has 1 aliphatic heterocycles. The quantitative estimate of drug-likeness (QED) is 0.135. The van der Waals surface area contributed by atoms with Crippen LogP contribution < -0.4 is 14.5 Å². The molecule has 0 amide bonds. The zero-order valence-electron chi connectivity index (χ0n) is 31.2. The summed E-state index contributed by atoms with van der Waals surface area (Å²) in [6, 6.07) is 50.0. The van der Waals surface area contributed by atoms with Gasteiger partial charge in [-0.05, 0) is 76.8 Å². The molecule has 6 nitrogen and oxygen atoms in total. The van der Waals surface area contributed by atoms with E-state index in [1.54, 1.807) is 0 Å². The van der Waals surface area contributed by atoms with Crippen LogP contribution in [0.3, 0.4) is 0 Å². The number of benzene rings is 6. The largest absolute Gasteiger partial charge is 2.00 e. The fourth-order valence-corrected chi connectivity index (χ4v) is 7.55. The summed E-state index contributed by atoms with van der Waals surface area (Å²) in [5, 5.41) is 2.30. The van der Waals surface area contributed by atoms with E-state index in [0.29, 0.717) is 17.6 Å². The number of para-hydroxylation sites is 2. The van der Waals surface area contributed by atoms with E-state index in [0.717, 1.165) is 39.5 Å². The van der Waals surface area contributed by atoms with Crippen molar-refractivity contribution in [2.45, 2.75) is 39.5 Å². The standard InChI is InChI=1S/C48H41N5O.Pt/c1-33(2)41-20-12-21-42(34(3)4)47(41)52-26-25-49-48(52)53-45-22-9-8-19-43(45)44-24-23-40(31-46(44)53)54-39-18-11-17-38(30-39)51-28-27-50(32-51)37-16-10-15-36(29-37)35-13-6-5-7-14-35;/h5-29,31-34H,1-4H3;/q-2;+2. The molecule has 6 aromatic carbocycles. The first-order valence-corrected chi connectivity index (χ1v) is 18.6. The van der Waals surface area contributed by atoms with Crippen molar-refractivity contribution in [1.82, 2.24) is 14.1 Å². The van der Waals surface area contributed by atoms with Crippen LogP contribution in [0.15, 0.2) is 158 Å². The van der Waals surface area contributed by atoms with E-state index in [1.807, 2.05) is 42.7 Å². The van der Waals surface area contributed by atoms with Gasteiger partial charge in [-0.1, -0.05) is 107 Å². The van der Waals surface area contributed by atoms with E-state index < -0.39 is 0 Å². The average Bonchev–Trinajstić information content (AvgIpc) is 3.96. The van der Waals surface area contributed by atoms with Gasteiger partial charge in [0.05, 0.1) is 16.7 Å². The molecule has 8 aromatic rings. The second-order valence-corrected chi connectivity index (χ2v) is 14.4. The normalized spacial score (nSPS) is 12.7. The molecule has 0 atom stereocenters. The molecule has 0 radical (unpaired) electrons. The van der Waals surface area contributed by atoms with Gasteiger partial charge < -0.3 is 14.5 Å².